The van der Waals surface area contributed by atoms with E-state index in [2.05, 4.69) is 46.9 Å². The maximum Gasteiger partial charge on any atom is 0.307 e. The summed E-state index contributed by atoms with van der Waals surface area (Å²) in [5.41, 5.74) is 8.81. The molecule has 0 saturated heterocycles. The van der Waals surface area contributed by atoms with Gasteiger partial charge in [-0.3, -0.25) is 20.1 Å². The first-order valence-corrected chi connectivity index (χ1v) is 11.3. The van der Waals surface area contributed by atoms with Crippen molar-refractivity contribution >= 4 is 17.7 Å². The number of pyridine rings is 1. The smallest absolute Gasteiger partial charge is 0.307 e. The number of nitrogens with one attached hydrogen (secondary N) is 1. The van der Waals surface area contributed by atoms with Crippen LogP contribution in [-0.2, 0) is 16.1 Å². The normalized spacial score (nSPS) is 11.1. The minimum Gasteiger partial charge on any atom is -0.491 e. The standard InChI is InChI=1S/C29H26N2O4/c32-29(33)21-23-5-4-8-27(19-23)34-17-18-35-31-28(20-22-13-15-30-16-14-22)26-11-9-25(10-12-26)24-6-2-1-3-7-24/h1-16,19-20,31H,17-18,21H2,(H,32,33). The molecule has 35 heavy (non-hydrogen) atoms. The van der Waals surface area contributed by atoms with Crippen LogP contribution in [0.4, 0.5) is 0 Å². The molecule has 3 aromatic carbocycles. The fourth-order valence-electron chi connectivity index (χ4n) is 3.52. The zero-order valence-electron chi connectivity index (χ0n) is 19.1. The van der Waals surface area contributed by atoms with Crippen LogP contribution in [0.15, 0.2) is 103 Å². The Morgan fingerprint density at radius 2 is 1.60 bits per heavy atom. The van der Waals surface area contributed by atoms with Crippen molar-refractivity contribution in [3.8, 4) is 16.9 Å². The highest BCUT2D eigenvalue weighted by Gasteiger charge is 2.05. The van der Waals surface area contributed by atoms with Crippen molar-refractivity contribution in [3.63, 3.8) is 0 Å². The summed E-state index contributed by atoms with van der Waals surface area (Å²) in [5.74, 6) is -0.267. The number of rotatable bonds is 11. The molecule has 0 fully saturated rings. The van der Waals surface area contributed by atoms with Gasteiger partial charge in [-0.2, -0.15) is 0 Å². The number of carbonyl (C=O) groups is 1. The Hall–Kier alpha value is -4.42. The van der Waals surface area contributed by atoms with Crippen LogP contribution < -0.4 is 10.2 Å². The maximum absolute atomic E-state index is 10.9. The summed E-state index contributed by atoms with van der Waals surface area (Å²) in [6, 6.07) is 29.4. The average Bonchev–Trinajstić information content (AvgIpc) is 2.89. The molecule has 6 heteroatoms. The van der Waals surface area contributed by atoms with Gasteiger partial charge < -0.3 is 9.84 Å². The highest BCUT2D eigenvalue weighted by molar-refractivity contribution is 5.80. The number of benzene rings is 3. The Balaban J connectivity index is 1.39. The molecule has 4 aromatic rings. The number of hydroxylamine groups is 1. The van der Waals surface area contributed by atoms with Gasteiger partial charge in [0, 0.05) is 12.4 Å². The molecule has 1 aromatic heterocycles. The lowest BCUT2D eigenvalue weighted by Gasteiger charge is -2.13. The molecule has 0 aliphatic rings. The van der Waals surface area contributed by atoms with Crippen molar-refractivity contribution in [2.75, 3.05) is 13.2 Å². The maximum atomic E-state index is 10.9. The van der Waals surface area contributed by atoms with Crippen molar-refractivity contribution in [2.45, 2.75) is 6.42 Å². The van der Waals surface area contributed by atoms with Gasteiger partial charge in [0.05, 0.1) is 12.1 Å². The number of ether oxygens (including phenoxy) is 1. The number of aromatic nitrogens is 1. The van der Waals surface area contributed by atoms with Gasteiger partial charge in [-0.05, 0) is 58.2 Å². The Morgan fingerprint density at radius 1 is 0.857 bits per heavy atom. The Bertz CT molecular complexity index is 1260. The Morgan fingerprint density at radius 3 is 2.34 bits per heavy atom. The molecule has 0 spiro atoms. The van der Waals surface area contributed by atoms with Gasteiger partial charge in [0.2, 0.25) is 0 Å². The topological polar surface area (TPSA) is 80.7 Å². The third kappa shape index (κ3) is 7.28. The van der Waals surface area contributed by atoms with E-state index < -0.39 is 5.97 Å². The molecule has 0 saturated carbocycles. The number of hydrogen-bond acceptors (Lipinski definition) is 5. The number of carboxylic acid groups (broad SMARTS) is 1. The first kappa shape index (κ1) is 23.7. The number of aliphatic carboxylic acids is 1. The van der Waals surface area contributed by atoms with Crippen LogP contribution in [0.5, 0.6) is 5.75 Å². The molecular weight excluding hydrogens is 440 g/mol. The summed E-state index contributed by atoms with van der Waals surface area (Å²) in [5, 5.41) is 8.95. The molecule has 4 rings (SSSR count). The molecule has 0 radical (unpaired) electrons. The van der Waals surface area contributed by atoms with Crippen molar-refractivity contribution in [1.29, 1.82) is 0 Å². The summed E-state index contributed by atoms with van der Waals surface area (Å²) < 4.78 is 5.71. The monoisotopic (exact) mass is 466 g/mol. The zero-order chi connectivity index (χ0) is 24.3. The Kier molecular flexibility index (Phi) is 8.24. The fraction of sp³-hybridized carbons (Fsp3) is 0.103. The second-order valence-electron chi connectivity index (χ2n) is 7.80. The highest BCUT2D eigenvalue weighted by atomic mass is 16.7. The number of carboxylic acids is 1. The van der Waals surface area contributed by atoms with E-state index in [1.165, 1.54) is 0 Å². The minimum absolute atomic E-state index is 0.0402. The molecule has 1 heterocycles. The highest BCUT2D eigenvalue weighted by Crippen LogP contribution is 2.23. The minimum atomic E-state index is -0.875. The number of nitrogens with zero attached hydrogens (tertiary/aromatic N) is 1. The molecule has 0 atom stereocenters. The van der Waals surface area contributed by atoms with Crippen LogP contribution in [0, 0.1) is 0 Å². The molecule has 0 unspecified atom stereocenters. The van der Waals surface area contributed by atoms with E-state index in [4.69, 9.17) is 14.7 Å². The van der Waals surface area contributed by atoms with Crippen LogP contribution in [0.1, 0.15) is 16.7 Å². The van der Waals surface area contributed by atoms with Gasteiger partial charge in [-0.1, -0.05) is 66.7 Å². The van der Waals surface area contributed by atoms with E-state index in [9.17, 15) is 4.79 Å². The van der Waals surface area contributed by atoms with Gasteiger partial charge in [0.1, 0.15) is 19.0 Å². The zero-order valence-corrected chi connectivity index (χ0v) is 19.1. The third-order valence-electron chi connectivity index (χ3n) is 5.21. The lowest BCUT2D eigenvalue weighted by molar-refractivity contribution is -0.136. The lowest BCUT2D eigenvalue weighted by atomic mass is 10.0. The molecular formula is C29H26N2O4. The van der Waals surface area contributed by atoms with Crippen molar-refractivity contribution < 1.29 is 19.5 Å². The first-order chi connectivity index (χ1) is 17.2. The summed E-state index contributed by atoms with van der Waals surface area (Å²) in [7, 11) is 0. The predicted octanol–water partition coefficient (Wildman–Crippen LogP) is 5.47. The van der Waals surface area contributed by atoms with E-state index in [1.807, 2.05) is 36.4 Å². The quantitative estimate of drug-likeness (QED) is 0.225. The average molecular weight is 467 g/mol. The van der Waals surface area contributed by atoms with Gasteiger partial charge in [-0.25, -0.2) is 0 Å². The summed E-state index contributed by atoms with van der Waals surface area (Å²) in [4.78, 5) is 20.7. The van der Waals surface area contributed by atoms with Crippen LogP contribution in [0.3, 0.4) is 0 Å². The largest absolute Gasteiger partial charge is 0.491 e. The van der Waals surface area contributed by atoms with E-state index in [0.29, 0.717) is 24.5 Å². The molecule has 2 N–H and O–H groups in total. The van der Waals surface area contributed by atoms with E-state index in [-0.39, 0.29) is 6.42 Å². The van der Waals surface area contributed by atoms with Crippen LogP contribution in [0.2, 0.25) is 0 Å². The second-order valence-corrected chi connectivity index (χ2v) is 7.80. The van der Waals surface area contributed by atoms with Crippen LogP contribution in [-0.4, -0.2) is 29.3 Å². The predicted molar refractivity (Wildman–Crippen MR) is 136 cm³/mol. The molecule has 0 aliphatic carbocycles. The van der Waals surface area contributed by atoms with Gasteiger partial charge in [0.15, 0.2) is 0 Å². The molecule has 0 aliphatic heterocycles. The lowest BCUT2D eigenvalue weighted by Crippen LogP contribution is -2.18. The molecule has 0 bridgehead atoms. The van der Waals surface area contributed by atoms with Gasteiger partial charge in [0.25, 0.3) is 0 Å². The van der Waals surface area contributed by atoms with E-state index >= 15 is 0 Å². The van der Waals surface area contributed by atoms with E-state index in [1.54, 1.807) is 36.7 Å². The molecule has 0 amide bonds. The molecule has 6 nitrogen and oxygen atoms in total. The SMILES string of the molecule is O=C(O)Cc1cccc(OCCONC(=Cc2ccncc2)c2ccc(-c3ccccc3)cc2)c1. The summed E-state index contributed by atoms with van der Waals surface area (Å²) in [6.07, 6.45) is 5.45. The summed E-state index contributed by atoms with van der Waals surface area (Å²) in [6.45, 7) is 0.595. The van der Waals surface area contributed by atoms with Crippen LogP contribution >= 0.6 is 0 Å². The van der Waals surface area contributed by atoms with Crippen molar-refractivity contribution in [1.82, 2.24) is 10.5 Å². The van der Waals surface area contributed by atoms with Crippen LogP contribution in [0.25, 0.3) is 22.9 Å². The van der Waals surface area contributed by atoms with Gasteiger partial charge >= 0.3 is 5.97 Å². The fourth-order valence-corrected chi connectivity index (χ4v) is 3.52. The Labute approximate surface area is 204 Å². The second kappa shape index (κ2) is 12.2. The third-order valence-corrected chi connectivity index (χ3v) is 5.21. The van der Waals surface area contributed by atoms with E-state index in [0.717, 1.165) is 28.0 Å². The molecule has 176 valence electrons. The first-order valence-electron chi connectivity index (χ1n) is 11.3. The van der Waals surface area contributed by atoms with Gasteiger partial charge in [-0.15, -0.1) is 0 Å². The van der Waals surface area contributed by atoms with Crippen molar-refractivity contribution in [2.24, 2.45) is 0 Å². The summed E-state index contributed by atoms with van der Waals surface area (Å²) >= 11 is 0. The van der Waals surface area contributed by atoms with Crippen molar-refractivity contribution in [3.05, 3.63) is 120 Å². The number of hydrogen-bond donors (Lipinski definition) is 2.